The lowest BCUT2D eigenvalue weighted by atomic mass is 9.78. The molecule has 1 aromatic carbocycles. The van der Waals surface area contributed by atoms with Crippen LogP contribution in [0.2, 0.25) is 0 Å². The SMILES string of the molecule is O=C1N[C@@H](c2ccc([N+](=O)[O-])cc2)[C@H](C(=O)c2ccccn2)[C@@](O)(C(F)(F)F)N1. The van der Waals surface area contributed by atoms with Crippen molar-refractivity contribution < 1.29 is 32.8 Å². The predicted molar refractivity (Wildman–Crippen MR) is 90.6 cm³/mol. The lowest BCUT2D eigenvalue weighted by molar-refractivity contribution is -0.384. The van der Waals surface area contributed by atoms with Crippen LogP contribution in [0.4, 0.5) is 23.7 Å². The van der Waals surface area contributed by atoms with Crippen molar-refractivity contribution in [2.75, 3.05) is 0 Å². The Bertz CT molecular complexity index is 952. The van der Waals surface area contributed by atoms with Crippen LogP contribution in [0.15, 0.2) is 48.7 Å². The number of nitrogens with zero attached hydrogens (tertiary/aromatic N) is 2. The molecule has 152 valence electrons. The summed E-state index contributed by atoms with van der Waals surface area (Å²) in [4.78, 5) is 38.6. The number of pyridine rings is 1. The van der Waals surface area contributed by atoms with Gasteiger partial charge in [-0.2, -0.15) is 13.2 Å². The van der Waals surface area contributed by atoms with Gasteiger partial charge in [0.25, 0.3) is 5.69 Å². The van der Waals surface area contributed by atoms with E-state index in [1.54, 1.807) is 0 Å². The van der Waals surface area contributed by atoms with Crippen molar-refractivity contribution in [2.24, 2.45) is 5.92 Å². The molecule has 1 aromatic heterocycles. The highest BCUT2D eigenvalue weighted by atomic mass is 19.4. The zero-order chi connectivity index (χ0) is 21.4. The molecule has 0 saturated carbocycles. The monoisotopic (exact) mass is 410 g/mol. The summed E-state index contributed by atoms with van der Waals surface area (Å²) >= 11 is 0. The van der Waals surface area contributed by atoms with Crippen LogP contribution >= 0.6 is 0 Å². The Morgan fingerprint density at radius 2 is 1.86 bits per heavy atom. The fourth-order valence-corrected chi connectivity index (χ4v) is 3.09. The maximum Gasteiger partial charge on any atom is 0.437 e. The minimum absolute atomic E-state index is 0.0394. The number of amides is 2. The van der Waals surface area contributed by atoms with Gasteiger partial charge in [-0.3, -0.25) is 19.9 Å². The van der Waals surface area contributed by atoms with E-state index in [4.69, 9.17) is 0 Å². The molecule has 9 nitrogen and oxygen atoms in total. The summed E-state index contributed by atoms with van der Waals surface area (Å²) in [6.07, 6.45) is -4.21. The standard InChI is InChI=1S/C17H13F3N4O5/c18-17(19,20)16(27)12(14(25)11-3-1-2-8-21-11)13(22-15(26)23-16)9-4-6-10(7-5-9)24(28)29/h1-8,12-13,27H,(H2,22,23,26)/t12-,13+,16-/m1/s1. The van der Waals surface area contributed by atoms with Crippen molar-refractivity contribution in [3.05, 3.63) is 70.0 Å². The van der Waals surface area contributed by atoms with Gasteiger partial charge in [0.05, 0.1) is 11.0 Å². The van der Waals surface area contributed by atoms with E-state index in [1.165, 1.54) is 29.7 Å². The van der Waals surface area contributed by atoms with Crippen LogP contribution in [0.1, 0.15) is 22.1 Å². The van der Waals surface area contributed by atoms with Gasteiger partial charge >= 0.3 is 12.2 Å². The van der Waals surface area contributed by atoms with Crippen LogP contribution in [0.25, 0.3) is 0 Å². The van der Waals surface area contributed by atoms with E-state index in [0.29, 0.717) is 0 Å². The van der Waals surface area contributed by atoms with E-state index in [-0.39, 0.29) is 16.9 Å². The van der Waals surface area contributed by atoms with Gasteiger partial charge in [0.2, 0.25) is 5.72 Å². The average molecular weight is 410 g/mol. The molecule has 0 aliphatic carbocycles. The molecule has 0 unspecified atom stereocenters. The third kappa shape index (κ3) is 3.61. The molecule has 3 atom stereocenters. The Morgan fingerprint density at radius 3 is 2.38 bits per heavy atom. The Morgan fingerprint density at radius 1 is 1.21 bits per heavy atom. The minimum Gasteiger partial charge on any atom is -0.363 e. The number of aromatic nitrogens is 1. The van der Waals surface area contributed by atoms with E-state index < -0.39 is 40.6 Å². The second-order valence-corrected chi connectivity index (χ2v) is 6.25. The summed E-state index contributed by atoms with van der Waals surface area (Å²) in [5.41, 5.74) is -4.63. The first-order chi connectivity index (χ1) is 13.5. The molecule has 1 fully saturated rings. The van der Waals surface area contributed by atoms with Gasteiger partial charge < -0.3 is 15.7 Å². The third-order valence-corrected chi connectivity index (χ3v) is 4.47. The van der Waals surface area contributed by atoms with Crippen molar-refractivity contribution in [3.63, 3.8) is 0 Å². The van der Waals surface area contributed by atoms with Crippen LogP contribution in [0.5, 0.6) is 0 Å². The molecule has 0 radical (unpaired) electrons. The number of carbonyl (C=O) groups is 2. The van der Waals surface area contributed by atoms with Crippen molar-refractivity contribution in [1.82, 2.24) is 15.6 Å². The smallest absolute Gasteiger partial charge is 0.363 e. The fourth-order valence-electron chi connectivity index (χ4n) is 3.09. The number of aliphatic hydroxyl groups is 1. The molecular formula is C17H13F3N4O5. The topological polar surface area (TPSA) is 134 Å². The second kappa shape index (κ2) is 7.13. The van der Waals surface area contributed by atoms with Crippen LogP contribution < -0.4 is 10.6 Å². The molecule has 3 rings (SSSR count). The number of ketones is 1. The first-order valence-electron chi connectivity index (χ1n) is 8.12. The average Bonchev–Trinajstić information content (AvgIpc) is 2.67. The van der Waals surface area contributed by atoms with Crippen LogP contribution in [0.3, 0.4) is 0 Å². The number of hydrogen-bond acceptors (Lipinski definition) is 6. The number of nitrogens with one attached hydrogen (secondary N) is 2. The molecule has 29 heavy (non-hydrogen) atoms. The summed E-state index contributed by atoms with van der Waals surface area (Å²) in [6, 6.07) is 5.22. The lowest BCUT2D eigenvalue weighted by Gasteiger charge is -2.44. The molecule has 1 aliphatic heterocycles. The number of carbonyl (C=O) groups excluding carboxylic acids is 2. The molecule has 2 aromatic rings. The summed E-state index contributed by atoms with van der Waals surface area (Å²) in [5.74, 6) is -3.43. The Labute approximate surface area is 160 Å². The van der Waals surface area contributed by atoms with Crippen LogP contribution in [0, 0.1) is 16.0 Å². The lowest BCUT2D eigenvalue weighted by Crippen LogP contribution is -2.72. The Balaban J connectivity index is 2.14. The normalized spacial score (nSPS) is 24.3. The number of benzene rings is 1. The Hall–Kier alpha value is -3.54. The van der Waals surface area contributed by atoms with Gasteiger partial charge in [0.1, 0.15) is 11.6 Å². The van der Waals surface area contributed by atoms with Gasteiger partial charge in [-0.05, 0) is 17.7 Å². The molecule has 12 heteroatoms. The van der Waals surface area contributed by atoms with Gasteiger partial charge in [-0.1, -0.05) is 18.2 Å². The number of rotatable bonds is 4. The van der Waals surface area contributed by atoms with Crippen molar-refractivity contribution in [2.45, 2.75) is 17.9 Å². The second-order valence-electron chi connectivity index (χ2n) is 6.25. The molecule has 2 heterocycles. The predicted octanol–water partition coefficient (Wildman–Crippen LogP) is 2.09. The minimum atomic E-state index is -5.40. The maximum atomic E-state index is 13.7. The maximum absolute atomic E-state index is 13.7. The first kappa shape index (κ1) is 20.2. The van der Waals surface area contributed by atoms with Crippen molar-refractivity contribution >= 4 is 17.5 Å². The van der Waals surface area contributed by atoms with E-state index in [1.807, 2.05) is 0 Å². The van der Waals surface area contributed by atoms with Crippen molar-refractivity contribution in [3.8, 4) is 0 Å². The number of halogens is 3. The number of nitro groups is 1. The van der Waals surface area contributed by atoms with Gasteiger partial charge in [0, 0.05) is 18.3 Å². The highest BCUT2D eigenvalue weighted by molar-refractivity contribution is 5.99. The third-order valence-electron chi connectivity index (χ3n) is 4.47. The quantitative estimate of drug-likeness (QED) is 0.401. The van der Waals surface area contributed by atoms with E-state index >= 15 is 0 Å². The van der Waals surface area contributed by atoms with Gasteiger partial charge in [-0.15, -0.1) is 0 Å². The van der Waals surface area contributed by atoms with Crippen molar-refractivity contribution in [1.29, 1.82) is 0 Å². The zero-order valence-electron chi connectivity index (χ0n) is 14.4. The first-order valence-corrected chi connectivity index (χ1v) is 8.12. The molecule has 2 amide bonds. The molecule has 3 N–H and O–H groups in total. The largest absolute Gasteiger partial charge is 0.437 e. The highest BCUT2D eigenvalue weighted by Crippen LogP contribution is 2.43. The molecule has 0 spiro atoms. The molecule has 1 saturated heterocycles. The Kier molecular flexibility index (Phi) is 4.96. The van der Waals surface area contributed by atoms with Crippen LogP contribution in [-0.2, 0) is 0 Å². The van der Waals surface area contributed by atoms with Gasteiger partial charge in [-0.25, -0.2) is 4.79 Å². The number of hydrogen-bond donors (Lipinski definition) is 3. The number of alkyl halides is 3. The molecular weight excluding hydrogens is 397 g/mol. The van der Waals surface area contributed by atoms with Gasteiger partial charge in [0.15, 0.2) is 5.78 Å². The number of nitro benzene ring substituents is 1. The molecule has 1 aliphatic rings. The van der Waals surface area contributed by atoms with Crippen LogP contribution in [-0.4, -0.2) is 38.7 Å². The summed E-state index contributed by atoms with van der Waals surface area (Å²) < 4.78 is 41.2. The summed E-state index contributed by atoms with van der Waals surface area (Å²) in [5, 5.41) is 24.8. The molecule has 0 bridgehead atoms. The number of urea groups is 1. The summed E-state index contributed by atoms with van der Waals surface area (Å²) in [7, 11) is 0. The fraction of sp³-hybridized carbons (Fsp3) is 0.235. The highest BCUT2D eigenvalue weighted by Gasteiger charge is 2.66. The summed E-state index contributed by atoms with van der Waals surface area (Å²) in [6.45, 7) is 0. The zero-order valence-corrected chi connectivity index (χ0v) is 14.4. The van der Waals surface area contributed by atoms with E-state index in [9.17, 15) is 38.0 Å². The van der Waals surface area contributed by atoms with E-state index in [0.717, 1.165) is 24.3 Å². The number of non-ortho nitro benzene ring substituents is 1. The van der Waals surface area contributed by atoms with E-state index in [2.05, 4.69) is 10.3 Å². The number of Topliss-reactive ketones (excluding diaryl/α,β-unsaturated/α-hetero) is 1.